The Morgan fingerprint density at radius 2 is 0.412 bits per heavy atom. The minimum atomic E-state index is 1.04. The van der Waals surface area contributed by atoms with Crippen LogP contribution >= 0.6 is 0 Å². The normalized spacial score (nSPS) is 11.8. The van der Waals surface area contributed by atoms with Crippen LogP contribution < -0.4 is 0 Å². The van der Waals surface area contributed by atoms with E-state index in [0.29, 0.717) is 0 Å². The molecule has 0 nitrogen and oxygen atoms in total. The van der Waals surface area contributed by atoms with Gasteiger partial charge >= 0.3 is 0 Å². The molecule has 1 aliphatic rings. The minimum Gasteiger partial charge on any atom is -0.0651 e. The van der Waals surface area contributed by atoms with Crippen molar-refractivity contribution in [2.75, 3.05) is 0 Å². The maximum Gasteiger partial charge on any atom is -0.000719 e. The molecule has 0 radical (unpaired) electrons. The standard InChI is InChI=1S/C68H88/c1-13-27-49-41-37-45(21-9)53(31-17-5)59(49)65-63-57-35-25-26-36-58(57)64(63)66(60-50(28-14-2)42-38-46(22-10)54(60)32-18-6)68(62-52(30-16-4)44-40-48(24-12)56(62)34-20-8)67(65)61-51(29-15-3)43-39-47(23-11)55(61)33-19-7/h25-26,35-44H,13-24,27-34H2,1-12H3. The second kappa shape index (κ2) is 23.8. The van der Waals surface area contributed by atoms with Gasteiger partial charge in [0, 0.05) is 0 Å². The molecule has 0 heterocycles. The van der Waals surface area contributed by atoms with E-state index in [0.717, 1.165) is 128 Å². The number of fused-ring (bicyclic) bond motifs is 4. The van der Waals surface area contributed by atoms with Crippen LogP contribution in [0.2, 0.25) is 0 Å². The fraction of sp³-hybridized carbons (Fsp3) is 0.471. The van der Waals surface area contributed by atoms with Crippen LogP contribution in [-0.2, 0) is 77.0 Å². The summed E-state index contributed by atoms with van der Waals surface area (Å²) < 4.78 is 0. The van der Waals surface area contributed by atoms with Crippen LogP contribution in [0.15, 0.2) is 72.8 Å². The van der Waals surface area contributed by atoms with Crippen molar-refractivity contribution in [3.63, 3.8) is 0 Å². The van der Waals surface area contributed by atoms with Gasteiger partial charge in [-0.25, -0.2) is 0 Å². The Bertz CT molecular complexity index is 2510. The lowest BCUT2D eigenvalue weighted by molar-refractivity contribution is 0.876. The van der Waals surface area contributed by atoms with Gasteiger partial charge in [-0.3, -0.25) is 0 Å². The smallest absolute Gasteiger partial charge is 0.000719 e. The Labute approximate surface area is 415 Å². The lowest BCUT2D eigenvalue weighted by Gasteiger charge is -2.39. The quantitative estimate of drug-likeness (QED) is 0.0567. The van der Waals surface area contributed by atoms with Crippen molar-refractivity contribution in [3.05, 3.63) is 140 Å². The molecule has 1 aliphatic carbocycles. The van der Waals surface area contributed by atoms with Crippen LogP contribution in [0.4, 0.5) is 0 Å². The molecule has 0 amide bonds. The van der Waals surface area contributed by atoms with Crippen LogP contribution in [-0.4, -0.2) is 0 Å². The van der Waals surface area contributed by atoms with E-state index in [-0.39, 0.29) is 0 Å². The summed E-state index contributed by atoms with van der Waals surface area (Å²) in [5.74, 6) is 0. The van der Waals surface area contributed by atoms with Gasteiger partial charge in [-0.1, -0.05) is 207 Å². The van der Waals surface area contributed by atoms with Crippen molar-refractivity contribution in [3.8, 4) is 66.8 Å². The molecule has 6 aromatic carbocycles. The summed E-state index contributed by atoms with van der Waals surface area (Å²) in [7, 11) is 0. The highest BCUT2D eigenvalue weighted by Gasteiger charge is 2.40. The van der Waals surface area contributed by atoms with Gasteiger partial charge in [-0.15, -0.1) is 0 Å². The molecule has 0 N–H and O–H groups in total. The molecular formula is C68H88. The molecule has 6 aromatic rings. The van der Waals surface area contributed by atoms with Gasteiger partial charge in [0.2, 0.25) is 0 Å². The van der Waals surface area contributed by atoms with Gasteiger partial charge in [0.05, 0.1) is 0 Å². The number of hydrogen-bond donors (Lipinski definition) is 0. The SMILES string of the molecule is CCCc1ccc(CC)c(CCC)c1-c1c2c(c(-c3c(CCC)ccc(CC)c3CCC)c(-c3c(CCC)ccc(CC)c3CCC)c1-c1c(CCC)ccc(CC)c1CCC)-c1ccccc1-2. The van der Waals surface area contributed by atoms with Crippen LogP contribution in [0.5, 0.6) is 0 Å². The number of aryl methyl sites for hydroxylation is 8. The third-order valence-electron chi connectivity index (χ3n) is 15.6. The molecule has 0 fully saturated rings. The third kappa shape index (κ3) is 9.37. The first-order chi connectivity index (χ1) is 33.3. The molecule has 0 heteroatoms. The van der Waals surface area contributed by atoms with Crippen LogP contribution in [0.3, 0.4) is 0 Å². The fourth-order valence-corrected chi connectivity index (χ4v) is 12.7. The zero-order chi connectivity index (χ0) is 48.5. The van der Waals surface area contributed by atoms with E-state index in [4.69, 9.17) is 0 Å². The number of benzene rings is 6. The summed E-state index contributed by atoms with van der Waals surface area (Å²) >= 11 is 0. The van der Waals surface area contributed by atoms with E-state index in [1.165, 1.54) is 55.6 Å². The summed E-state index contributed by atoms with van der Waals surface area (Å²) in [6, 6.07) is 30.1. The molecule has 0 spiro atoms. The number of hydrogen-bond acceptors (Lipinski definition) is 0. The molecule has 0 bridgehead atoms. The van der Waals surface area contributed by atoms with Gasteiger partial charge in [0.15, 0.2) is 0 Å². The van der Waals surface area contributed by atoms with E-state index >= 15 is 0 Å². The van der Waals surface area contributed by atoms with Crippen LogP contribution in [0, 0.1) is 0 Å². The van der Waals surface area contributed by atoms with Gasteiger partial charge in [-0.05, 0) is 211 Å². The Balaban J connectivity index is 2.00. The van der Waals surface area contributed by atoms with E-state index in [2.05, 4.69) is 156 Å². The average molecular weight is 905 g/mol. The predicted octanol–water partition coefficient (Wildman–Crippen LogP) is 19.9. The molecular weight excluding hydrogens is 817 g/mol. The van der Waals surface area contributed by atoms with Crippen molar-refractivity contribution in [1.29, 1.82) is 0 Å². The zero-order valence-electron chi connectivity index (χ0n) is 45.1. The topological polar surface area (TPSA) is 0 Å². The summed E-state index contributed by atoms with van der Waals surface area (Å²) in [5, 5.41) is 0. The highest BCUT2D eigenvalue weighted by molar-refractivity contribution is 6.23. The molecule has 68 heavy (non-hydrogen) atoms. The lowest BCUT2D eigenvalue weighted by Crippen LogP contribution is -2.15. The zero-order valence-corrected chi connectivity index (χ0v) is 45.1. The van der Waals surface area contributed by atoms with Crippen molar-refractivity contribution in [1.82, 2.24) is 0 Å². The highest BCUT2D eigenvalue weighted by Crippen LogP contribution is 2.65. The second-order valence-electron chi connectivity index (χ2n) is 20.2. The molecule has 360 valence electrons. The van der Waals surface area contributed by atoms with Gasteiger partial charge in [0.1, 0.15) is 0 Å². The monoisotopic (exact) mass is 905 g/mol. The van der Waals surface area contributed by atoms with Crippen LogP contribution in [0.25, 0.3) is 66.8 Å². The summed E-state index contributed by atoms with van der Waals surface area (Å²) in [6.45, 7) is 28.9. The molecule has 7 rings (SSSR count). The van der Waals surface area contributed by atoms with Crippen molar-refractivity contribution >= 4 is 0 Å². The Morgan fingerprint density at radius 3 is 0.618 bits per heavy atom. The van der Waals surface area contributed by atoms with Gasteiger partial charge in [-0.2, -0.15) is 0 Å². The summed E-state index contributed by atoms with van der Waals surface area (Å²) in [6.07, 6.45) is 21.8. The molecule has 0 atom stereocenters. The maximum atomic E-state index is 2.59. The number of rotatable bonds is 24. The highest BCUT2D eigenvalue weighted by atomic mass is 14.4. The van der Waals surface area contributed by atoms with E-state index in [1.54, 1.807) is 77.9 Å². The molecule has 0 saturated carbocycles. The van der Waals surface area contributed by atoms with Crippen molar-refractivity contribution in [2.45, 2.75) is 212 Å². The van der Waals surface area contributed by atoms with Crippen molar-refractivity contribution < 1.29 is 0 Å². The Morgan fingerprint density at radius 1 is 0.206 bits per heavy atom. The minimum absolute atomic E-state index is 1.04. The summed E-state index contributed by atoms with van der Waals surface area (Å²) in [4.78, 5) is 0. The van der Waals surface area contributed by atoms with Gasteiger partial charge < -0.3 is 0 Å². The largest absolute Gasteiger partial charge is 0.0651 e. The Hall–Kier alpha value is -4.68. The molecule has 0 aliphatic heterocycles. The second-order valence-corrected chi connectivity index (χ2v) is 20.2. The lowest BCUT2D eigenvalue weighted by atomic mass is 9.64. The molecule has 0 saturated heterocycles. The van der Waals surface area contributed by atoms with Crippen molar-refractivity contribution in [2.24, 2.45) is 0 Å². The van der Waals surface area contributed by atoms with E-state index in [1.807, 2.05) is 0 Å². The van der Waals surface area contributed by atoms with Crippen LogP contribution in [0.1, 0.15) is 201 Å². The average Bonchev–Trinajstić information content (AvgIpc) is 3.34. The first-order valence-electron chi connectivity index (χ1n) is 28.2. The first-order valence-corrected chi connectivity index (χ1v) is 28.2. The first kappa shape index (κ1) is 51.2. The molecule has 0 unspecified atom stereocenters. The third-order valence-corrected chi connectivity index (χ3v) is 15.6. The summed E-state index contributed by atoms with van der Waals surface area (Å²) in [5.41, 5.74) is 37.2. The molecule has 0 aromatic heterocycles. The maximum absolute atomic E-state index is 2.59. The Kier molecular flexibility index (Phi) is 17.9. The fourth-order valence-electron chi connectivity index (χ4n) is 12.7. The van der Waals surface area contributed by atoms with E-state index < -0.39 is 0 Å². The van der Waals surface area contributed by atoms with E-state index in [9.17, 15) is 0 Å². The van der Waals surface area contributed by atoms with Gasteiger partial charge in [0.25, 0.3) is 0 Å². The predicted molar refractivity (Wildman–Crippen MR) is 302 cm³/mol.